The molecular weight excluding hydrogens is 506 g/mol. The fraction of sp³-hybridized carbons (Fsp3) is 0.522. The molecule has 1 aromatic rings. The maximum Gasteiger partial charge on any atom is 0.326 e. The molecule has 10 N–H and O–H groups in total. The van der Waals surface area contributed by atoms with Crippen molar-refractivity contribution >= 4 is 41.4 Å². The van der Waals surface area contributed by atoms with Crippen molar-refractivity contribution in [2.24, 2.45) is 11.5 Å². The molecule has 14 heteroatoms. The largest absolute Gasteiger partial charge is 0.508 e. The fourth-order valence-corrected chi connectivity index (χ4v) is 3.67. The summed E-state index contributed by atoms with van der Waals surface area (Å²) in [7, 11) is 0. The Morgan fingerprint density at radius 2 is 1.54 bits per heavy atom. The zero-order valence-electron chi connectivity index (χ0n) is 20.7. The molecule has 1 rings (SSSR count). The highest BCUT2D eigenvalue weighted by Gasteiger charge is 2.32. The van der Waals surface area contributed by atoms with Crippen molar-refractivity contribution < 1.29 is 39.3 Å². The van der Waals surface area contributed by atoms with Gasteiger partial charge in [0.05, 0.1) is 12.1 Å². The predicted octanol–water partition coefficient (Wildman–Crippen LogP) is -1.80. The molecule has 0 bridgehead atoms. The number of amides is 4. The van der Waals surface area contributed by atoms with E-state index in [0.29, 0.717) is 11.3 Å². The van der Waals surface area contributed by atoms with Gasteiger partial charge >= 0.3 is 5.97 Å². The Morgan fingerprint density at radius 3 is 2.05 bits per heavy atom. The molecule has 4 amide bonds. The van der Waals surface area contributed by atoms with Gasteiger partial charge in [0, 0.05) is 12.8 Å². The van der Waals surface area contributed by atoms with Gasteiger partial charge in [0.25, 0.3) is 0 Å². The lowest BCUT2D eigenvalue weighted by molar-refractivity contribution is -0.143. The van der Waals surface area contributed by atoms with E-state index in [1.807, 2.05) is 0 Å². The van der Waals surface area contributed by atoms with Crippen LogP contribution in [0.25, 0.3) is 0 Å². The van der Waals surface area contributed by atoms with Crippen molar-refractivity contribution in [3.05, 3.63) is 29.8 Å². The number of hydrogen-bond acceptors (Lipinski definition) is 9. The molecule has 206 valence electrons. The number of carbonyl (C=O) groups excluding carboxylic acids is 4. The Balaban J connectivity index is 2.93. The van der Waals surface area contributed by atoms with Gasteiger partial charge < -0.3 is 42.7 Å². The molecule has 5 atom stereocenters. The minimum Gasteiger partial charge on any atom is -0.508 e. The van der Waals surface area contributed by atoms with E-state index in [9.17, 15) is 39.3 Å². The van der Waals surface area contributed by atoms with Crippen LogP contribution in [-0.4, -0.2) is 87.2 Å². The number of aliphatic hydroxyl groups is 1. The fourth-order valence-electron chi connectivity index (χ4n) is 3.20. The SMILES string of the molecule is CSCCC(NC(=O)C(N)CCC(N)=O)C(=O)NC(C(=O)NC(Cc1ccc(O)cc1)C(=O)O)C(C)O. The standard InChI is InChI=1S/C23H35N5O8S/c1-12(29)19(22(34)27-17(23(35)36)11-13-3-5-14(30)6-4-13)28-21(33)16(9-10-37-2)26-20(32)15(24)7-8-18(25)31/h3-6,12,15-17,19,29-30H,7-11,24H2,1-2H3,(H2,25,31)(H,26,32)(H,27,34)(H,28,33)(H,35,36). The smallest absolute Gasteiger partial charge is 0.326 e. The van der Waals surface area contributed by atoms with Gasteiger partial charge in [-0.2, -0.15) is 11.8 Å². The zero-order valence-corrected chi connectivity index (χ0v) is 21.5. The van der Waals surface area contributed by atoms with Gasteiger partial charge in [0.2, 0.25) is 23.6 Å². The minimum absolute atomic E-state index is 0.00603. The van der Waals surface area contributed by atoms with Gasteiger partial charge in [-0.25, -0.2) is 4.79 Å². The maximum atomic E-state index is 13.0. The van der Waals surface area contributed by atoms with Crippen LogP contribution >= 0.6 is 11.8 Å². The molecule has 0 saturated heterocycles. The van der Waals surface area contributed by atoms with Crippen LogP contribution in [0.1, 0.15) is 31.7 Å². The van der Waals surface area contributed by atoms with Crippen LogP contribution in [-0.2, 0) is 30.4 Å². The number of phenolic OH excluding ortho intramolecular Hbond substituents is 1. The molecular formula is C23H35N5O8S. The second-order valence-corrected chi connectivity index (χ2v) is 9.44. The number of phenols is 1. The van der Waals surface area contributed by atoms with Gasteiger partial charge in [-0.3, -0.25) is 19.2 Å². The number of rotatable bonds is 16. The van der Waals surface area contributed by atoms with E-state index >= 15 is 0 Å². The second kappa shape index (κ2) is 15.7. The summed E-state index contributed by atoms with van der Waals surface area (Å²) in [5.41, 5.74) is 11.4. The Bertz CT molecular complexity index is 944. The van der Waals surface area contributed by atoms with Gasteiger partial charge in [0.1, 0.15) is 23.9 Å². The number of nitrogens with two attached hydrogens (primary N) is 2. The van der Waals surface area contributed by atoms with E-state index in [1.54, 1.807) is 6.26 Å². The van der Waals surface area contributed by atoms with Crippen LogP contribution < -0.4 is 27.4 Å². The minimum atomic E-state index is -1.52. The Morgan fingerprint density at radius 1 is 0.946 bits per heavy atom. The zero-order chi connectivity index (χ0) is 28.1. The molecule has 0 saturated carbocycles. The molecule has 1 aromatic carbocycles. The number of carboxylic acids is 1. The maximum absolute atomic E-state index is 13.0. The normalized spacial score (nSPS) is 14.9. The average molecular weight is 542 g/mol. The summed E-state index contributed by atoms with van der Waals surface area (Å²) < 4.78 is 0. The predicted molar refractivity (Wildman–Crippen MR) is 136 cm³/mol. The first kappa shape index (κ1) is 31.7. The lowest BCUT2D eigenvalue weighted by atomic mass is 10.0. The van der Waals surface area contributed by atoms with Gasteiger partial charge in [-0.05, 0) is 49.5 Å². The van der Waals surface area contributed by atoms with Crippen molar-refractivity contribution in [3.8, 4) is 5.75 Å². The van der Waals surface area contributed by atoms with Crippen LogP contribution in [0.15, 0.2) is 24.3 Å². The van der Waals surface area contributed by atoms with Crippen molar-refractivity contribution in [1.29, 1.82) is 0 Å². The van der Waals surface area contributed by atoms with E-state index in [-0.39, 0.29) is 31.4 Å². The van der Waals surface area contributed by atoms with E-state index in [4.69, 9.17) is 11.5 Å². The number of carboxylic acid groups (broad SMARTS) is 1. The number of aromatic hydroxyl groups is 1. The lowest BCUT2D eigenvalue weighted by Gasteiger charge is -2.26. The van der Waals surface area contributed by atoms with Crippen molar-refractivity contribution in [2.75, 3.05) is 12.0 Å². The number of nitrogens with one attached hydrogen (secondary N) is 3. The number of carbonyl (C=O) groups is 5. The van der Waals surface area contributed by atoms with Gasteiger partial charge in [-0.1, -0.05) is 12.1 Å². The molecule has 5 unspecified atom stereocenters. The van der Waals surface area contributed by atoms with E-state index in [0.717, 1.165) is 0 Å². The summed E-state index contributed by atoms with van der Waals surface area (Å²) in [4.78, 5) is 60.9. The number of benzene rings is 1. The first-order chi connectivity index (χ1) is 17.3. The quantitative estimate of drug-likeness (QED) is 0.117. The molecule has 0 aliphatic carbocycles. The molecule has 0 aliphatic rings. The van der Waals surface area contributed by atoms with Crippen molar-refractivity contribution in [3.63, 3.8) is 0 Å². The molecule has 0 heterocycles. The highest BCUT2D eigenvalue weighted by atomic mass is 32.2. The van der Waals surface area contributed by atoms with Crippen LogP contribution in [0.2, 0.25) is 0 Å². The van der Waals surface area contributed by atoms with Gasteiger partial charge in [0.15, 0.2) is 0 Å². The van der Waals surface area contributed by atoms with E-state index in [1.165, 1.54) is 43.0 Å². The van der Waals surface area contributed by atoms with Crippen LogP contribution in [0.5, 0.6) is 5.75 Å². The summed E-state index contributed by atoms with van der Waals surface area (Å²) in [6.07, 6.45) is 0.318. The Kier molecular flexibility index (Phi) is 13.4. The van der Waals surface area contributed by atoms with Gasteiger partial charge in [-0.15, -0.1) is 0 Å². The lowest BCUT2D eigenvalue weighted by Crippen LogP contribution is -2.60. The summed E-state index contributed by atoms with van der Waals surface area (Å²) in [6.45, 7) is 1.25. The molecule has 0 fully saturated rings. The number of aliphatic carboxylic acids is 1. The molecule has 0 radical (unpaired) electrons. The van der Waals surface area contributed by atoms with Crippen LogP contribution in [0.3, 0.4) is 0 Å². The molecule has 13 nitrogen and oxygen atoms in total. The third kappa shape index (κ3) is 11.5. The molecule has 0 aromatic heterocycles. The summed E-state index contributed by atoms with van der Waals surface area (Å²) in [5, 5.41) is 36.2. The second-order valence-electron chi connectivity index (χ2n) is 8.45. The topological polar surface area (TPSA) is 234 Å². The summed E-state index contributed by atoms with van der Waals surface area (Å²) in [6, 6.07) is 0.633. The first-order valence-corrected chi connectivity index (χ1v) is 12.9. The highest BCUT2D eigenvalue weighted by Crippen LogP contribution is 2.12. The monoisotopic (exact) mass is 541 g/mol. The Labute approximate surface area is 218 Å². The van der Waals surface area contributed by atoms with Crippen LogP contribution in [0, 0.1) is 0 Å². The molecule has 0 aliphatic heterocycles. The Hall–Kier alpha value is -3.36. The van der Waals surface area contributed by atoms with E-state index < -0.39 is 59.9 Å². The van der Waals surface area contributed by atoms with Crippen molar-refractivity contribution in [2.45, 2.75) is 62.9 Å². The summed E-state index contributed by atoms with van der Waals surface area (Å²) >= 11 is 1.41. The van der Waals surface area contributed by atoms with Crippen LogP contribution in [0.4, 0.5) is 0 Å². The number of aliphatic hydroxyl groups excluding tert-OH is 1. The highest BCUT2D eigenvalue weighted by molar-refractivity contribution is 7.98. The summed E-state index contributed by atoms with van der Waals surface area (Å²) in [5.74, 6) is -3.93. The molecule has 0 spiro atoms. The molecule has 37 heavy (non-hydrogen) atoms. The third-order valence-electron chi connectivity index (χ3n) is 5.34. The number of hydrogen-bond donors (Lipinski definition) is 8. The first-order valence-electron chi connectivity index (χ1n) is 11.5. The van der Waals surface area contributed by atoms with Crippen molar-refractivity contribution in [1.82, 2.24) is 16.0 Å². The third-order valence-corrected chi connectivity index (χ3v) is 5.98. The number of thioether (sulfide) groups is 1. The number of primary amides is 1. The average Bonchev–Trinajstić information content (AvgIpc) is 2.83. The van der Waals surface area contributed by atoms with E-state index in [2.05, 4.69) is 16.0 Å².